The second-order valence-corrected chi connectivity index (χ2v) is 7.94. The normalized spacial score (nSPS) is 11.8. The second-order valence-electron chi connectivity index (χ2n) is 7.94. The number of benzene rings is 2. The van der Waals surface area contributed by atoms with Crippen molar-refractivity contribution in [3.05, 3.63) is 88.7 Å². The van der Waals surface area contributed by atoms with Crippen molar-refractivity contribution in [2.75, 3.05) is 0 Å². The summed E-state index contributed by atoms with van der Waals surface area (Å²) < 4.78 is 1.87. The maximum atomic E-state index is 12.8. The molecule has 1 atom stereocenters. The second kappa shape index (κ2) is 10.6. The summed E-state index contributed by atoms with van der Waals surface area (Å²) in [4.78, 5) is 12.8. The monoisotopic (exact) mass is 414 g/mol. The van der Waals surface area contributed by atoms with Gasteiger partial charge in [-0.2, -0.15) is 10.4 Å². The van der Waals surface area contributed by atoms with Crippen molar-refractivity contribution >= 4 is 5.91 Å². The number of nitrogens with zero attached hydrogens (tertiary/aromatic N) is 3. The van der Waals surface area contributed by atoms with E-state index in [1.165, 1.54) is 11.1 Å². The van der Waals surface area contributed by atoms with E-state index >= 15 is 0 Å². The number of carbonyl (C=O) groups is 1. The third-order valence-electron chi connectivity index (χ3n) is 5.77. The van der Waals surface area contributed by atoms with Crippen LogP contribution in [0.25, 0.3) is 0 Å². The fourth-order valence-electron chi connectivity index (χ4n) is 4.21. The molecule has 160 valence electrons. The van der Waals surface area contributed by atoms with E-state index in [0.29, 0.717) is 25.8 Å². The molecular formula is C26H30N4O. The van der Waals surface area contributed by atoms with Crippen LogP contribution in [0.1, 0.15) is 53.8 Å². The van der Waals surface area contributed by atoms with Crippen molar-refractivity contribution in [1.82, 2.24) is 15.1 Å². The van der Waals surface area contributed by atoms with E-state index < -0.39 is 0 Å². The Morgan fingerprint density at radius 3 is 2.19 bits per heavy atom. The first kappa shape index (κ1) is 22.3. The molecule has 1 amide bonds. The number of carbonyl (C=O) groups excluding carboxylic acids is 1. The summed E-state index contributed by atoms with van der Waals surface area (Å²) in [5, 5.41) is 16.6. The maximum absolute atomic E-state index is 12.8. The Kier molecular flexibility index (Phi) is 7.61. The van der Waals surface area contributed by atoms with Gasteiger partial charge < -0.3 is 5.32 Å². The summed E-state index contributed by atoms with van der Waals surface area (Å²) in [6.07, 6.45) is 1.48. The molecule has 2 aromatic carbocycles. The van der Waals surface area contributed by atoms with E-state index in [4.69, 9.17) is 5.26 Å². The molecule has 0 bridgehead atoms. The molecule has 1 N–H and O–H groups in total. The first-order valence-corrected chi connectivity index (χ1v) is 10.8. The van der Waals surface area contributed by atoms with Crippen LogP contribution in [0.2, 0.25) is 0 Å². The van der Waals surface area contributed by atoms with Gasteiger partial charge >= 0.3 is 0 Å². The van der Waals surface area contributed by atoms with Crippen molar-refractivity contribution in [1.29, 1.82) is 5.26 Å². The summed E-state index contributed by atoms with van der Waals surface area (Å²) in [7, 11) is 0. The Hall–Kier alpha value is -3.39. The number of hydrogen-bond donors (Lipinski definition) is 1. The Balaban J connectivity index is 1.68. The van der Waals surface area contributed by atoms with Gasteiger partial charge in [-0.15, -0.1) is 0 Å². The molecule has 3 aromatic rings. The third kappa shape index (κ3) is 5.61. The van der Waals surface area contributed by atoms with Gasteiger partial charge in [-0.25, -0.2) is 0 Å². The molecule has 0 aliphatic heterocycles. The van der Waals surface area contributed by atoms with Crippen molar-refractivity contribution in [2.24, 2.45) is 0 Å². The lowest BCUT2D eigenvalue weighted by atomic mass is 9.85. The van der Waals surface area contributed by atoms with Crippen molar-refractivity contribution in [3.8, 4) is 6.07 Å². The topological polar surface area (TPSA) is 70.7 Å². The van der Waals surface area contributed by atoms with Gasteiger partial charge in [0.2, 0.25) is 5.91 Å². The van der Waals surface area contributed by atoms with Gasteiger partial charge in [0.25, 0.3) is 0 Å². The SMILES string of the molecule is Cc1nn(CCC#N)c(C)c1CCC(=O)N[C@H](C)C(c1ccccc1)c1ccccc1. The predicted molar refractivity (Wildman–Crippen MR) is 123 cm³/mol. The van der Waals surface area contributed by atoms with E-state index in [1.54, 1.807) is 0 Å². The number of nitriles is 1. The van der Waals surface area contributed by atoms with Gasteiger partial charge in [0, 0.05) is 24.1 Å². The van der Waals surface area contributed by atoms with E-state index in [2.05, 4.69) is 47.7 Å². The van der Waals surface area contributed by atoms with Gasteiger partial charge in [-0.1, -0.05) is 60.7 Å². The first-order chi connectivity index (χ1) is 15.0. The molecule has 1 aromatic heterocycles. The summed E-state index contributed by atoms with van der Waals surface area (Å²) in [6, 6.07) is 22.7. The molecule has 5 nitrogen and oxygen atoms in total. The average Bonchev–Trinajstić information content (AvgIpc) is 3.05. The minimum atomic E-state index is -0.0437. The maximum Gasteiger partial charge on any atom is 0.220 e. The number of nitrogens with one attached hydrogen (secondary N) is 1. The zero-order valence-corrected chi connectivity index (χ0v) is 18.5. The zero-order valence-electron chi connectivity index (χ0n) is 18.5. The standard InChI is InChI=1S/C26H30N4O/c1-19-24(21(3)30(29-19)18-10-17-27)15-16-25(31)28-20(2)26(22-11-6-4-7-12-22)23-13-8-5-9-14-23/h4-9,11-14,20,26H,10,15-16,18H2,1-3H3,(H,28,31)/t20-/m1/s1. The van der Waals surface area contributed by atoms with Crippen LogP contribution in [0.3, 0.4) is 0 Å². The molecule has 0 unspecified atom stereocenters. The van der Waals surface area contributed by atoms with Crippen LogP contribution in [-0.4, -0.2) is 21.7 Å². The number of aromatic nitrogens is 2. The summed E-state index contributed by atoms with van der Waals surface area (Å²) in [5.74, 6) is 0.122. The van der Waals surface area contributed by atoms with Gasteiger partial charge in [0.05, 0.1) is 24.7 Å². The molecule has 0 saturated carbocycles. The molecule has 31 heavy (non-hydrogen) atoms. The lowest BCUT2D eigenvalue weighted by Crippen LogP contribution is -2.37. The van der Waals surface area contributed by atoms with Gasteiger partial charge in [-0.05, 0) is 43.9 Å². The smallest absolute Gasteiger partial charge is 0.220 e. The highest BCUT2D eigenvalue weighted by Gasteiger charge is 2.23. The van der Waals surface area contributed by atoms with Crippen LogP contribution in [0.15, 0.2) is 60.7 Å². The molecule has 1 heterocycles. The first-order valence-electron chi connectivity index (χ1n) is 10.8. The Bertz CT molecular complexity index is 995. The van der Waals surface area contributed by atoms with E-state index in [0.717, 1.165) is 17.0 Å². The summed E-state index contributed by atoms with van der Waals surface area (Å²) in [6.45, 7) is 6.63. The minimum absolute atomic E-state index is 0.0351. The third-order valence-corrected chi connectivity index (χ3v) is 5.77. The summed E-state index contributed by atoms with van der Waals surface area (Å²) >= 11 is 0. The molecule has 0 saturated heterocycles. The Labute approximate surface area is 184 Å². The number of hydrogen-bond acceptors (Lipinski definition) is 3. The largest absolute Gasteiger partial charge is 0.353 e. The zero-order chi connectivity index (χ0) is 22.2. The fraction of sp³-hybridized carbons (Fsp3) is 0.346. The Morgan fingerprint density at radius 1 is 1.06 bits per heavy atom. The molecular weight excluding hydrogens is 384 g/mol. The van der Waals surface area contributed by atoms with E-state index in [9.17, 15) is 4.79 Å². The van der Waals surface area contributed by atoms with E-state index in [1.807, 2.05) is 54.9 Å². The van der Waals surface area contributed by atoms with Crippen LogP contribution in [0, 0.1) is 25.2 Å². The predicted octanol–water partition coefficient (Wildman–Crippen LogP) is 4.68. The van der Waals surface area contributed by atoms with Crippen LogP contribution in [0.4, 0.5) is 0 Å². The fourth-order valence-corrected chi connectivity index (χ4v) is 4.21. The number of rotatable bonds is 9. The highest BCUT2D eigenvalue weighted by Crippen LogP contribution is 2.28. The minimum Gasteiger partial charge on any atom is -0.353 e. The van der Waals surface area contributed by atoms with E-state index in [-0.39, 0.29) is 17.9 Å². The van der Waals surface area contributed by atoms with Crippen molar-refractivity contribution in [2.45, 2.75) is 58.5 Å². The quantitative estimate of drug-likeness (QED) is 0.552. The van der Waals surface area contributed by atoms with Crippen molar-refractivity contribution < 1.29 is 4.79 Å². The lowest BCUT2D eigenvalue weighted by molar-refractivity contribution is -0.121. The van der Waals surface area contributed by atoms with Crippen molar-refractivity contribution in [3.63, 3.8) is 0 Å². The summed E-state index contributed by atoms with van der Waals surface area (Å²) in [5.41, 5.74) is 5.45. The molecule has 0 fully saturated rings. The molecule has 3 rings (SSSR count). The molecule has 0 aliphatic rings. The van der Waals surface area contributed by atoms with Gasteiger partial charge in [0.1, 0.15) is 0 Å². The van der Waals surface area contributed by atoms with Gasteiger partial charge in [0.15, 0.2) is 0 Å². The van der Waals surface area contributed by atoms with Gasteiger partial charge in [-0.3, -0.25) is 9.48 Å². The highest BCUT2D eigenvalue weighted by atomic mass is 16.1. The average molecular weight is 415 g/mol. The lowest BCUT2D eigenvalue weighted by Gasteiger charge is -2.26. The Morgan fingerprint density at radius 2 is 1.65 bits per heavy atom. The number of aryl methyl sites for hydroxylation is 2. The molecule has 0 aliphatic carbocycles. The van der Waals surface area contributed by atoms with Crippen LogP contribution in [-0.2, 0) is 17.8 Å². The highest BCUT2D eigenvalue weighted by molar-refractivity contribution is 5.76. The van der Waals surface area contributed by atoms with Crippen LogP contribution in [0.5, 0.6) is 0 Å². The molecule has 5 heteroatoms. The molecule has 0 spiro atoms. The number of amides is 1. The van der Waals surface area contributed by atoms with Crippen LogP contribution >= 0.6 is 0 Å². The van der Waals surface area contributed by atoms with Crippen LogP contribution < -0.4 is 5.32 Å². The molecule has 0 radical (unpaired) electrons.